The highest BCUT2D eigenvalue weighted by atomic mass is 16.5. The molecule has 26 heavy (non-hydrogen) atoms. The van der Waals surface area contributed by atoms with Crippen molar-refractivity contribution in [1.82, 2.24) is 4.90 Å². The maximum atomic E-state index is 12.7. The van der Waals surface area contributed by atoms with Gasteiger partial charge in [0.25, 0.3) is 0 Å². The van der Waals surface area contributed by atoms with Gasteiger partial charge in [0, 0.05) is 18.7 Å². The van der Waals surface area contributed by atoms with Crippen LogP contribution in [0, 0.1) is 29.6 Å². The summed E-state index contributed by atoms with van der Waals surface area (Å²) in [4.78, 5) is 15.1. The second-order valence-electron chi connectivity index (χ2n) is 7.99. The minimum Gasteiger partial charge on any atom is -0.508 e. The van der Waals surface area contributed by atoms with E-state index in [1.807, 2.05) is 12.1 Å². The zero-order valence-electron chi connectivity index (χ0n) is 15.2. The first-order chi connectivity index (χ1) is 12.7. The minimum atomic E-state index is -0.383. The number of rotatable bonds is 5. The van der Waals surface area contributed by atoms with Crippen molar-refractivity contribution in [1.29, 1.82) is 0 Å². The number of esters is 1. The third-order valence-corrected chi connectivity index (χ3v) is 6.17. The van der Waals surface area contributed by atoms with Gasteiger partial charge in [-0.3, -0.25) is 9.69 Å². The van der Waals surface area contributed by atoms with Crippen molar-refractivity contribution in [3.05, 3.63) is 29.8 Å². The number of carbonyl (C=O) groups is 1. The molecule has 4 nitrogen and oxygen atoms in total. The van der Waals surface area contributed by atoms with E-state index in [4.69, 9.17) is 4.74 Å². The van der Waals surface area contributed by atoms with Gasteiger partial charge in [0.15, 0.2) is 6.61 Å². The normalized spacial score (nSPS) is 26.0. The highest BCUT2D eigenvalue weighted by molar-refractivity contribution is 5.79. The molecule has 138 valence electrons. The maximum absolute atomic E-state index is 12.7. The fraction of sp³-hybridized carbons (Fsp3) is 0.591. The molecular weight excluding hydrogens is 326 g/mol. The molecule has 3 aliphatic rings. The van der Waals surface area contributed by atoms with Crippen LogP contribution in [0.1, 0.15) is 43.6 Å². The Morgan fingerprint density at radius 3 is 2.65 bits per heavy atom. The van der Waals surface area contributed by atoms with E-state index in [9.17, 15) is 9.90 Å². The van der Waals surface area contributed by atoms with Gasteiger partial charge in [-0.15, -0.1) is 0 Å². The number of benzene rings is 1. The van der Waals surface area contributed by atoms with Gasteiger partial charge < -0.3 is 9.84 Å². The maximum Gasteiger partial charge on any atom is 0.314 e. The molecule has 4 rings (SSSR count). The summed E-state index contributed by atoms with van der Waals surface area (Å²) >= 11 is 0. The number of hydrogen-bond donors (Lipinski definition) is 1. The van der Waals surface area contributed by atoms with Crippen LogP contribution in [-0.2, 0) is 9.53 Å². The molecule has 0 amide bonds. The smallest absolute Gasteiger partial charge is 0.314 e. The lowest BCUT2D eigenvalue weighted by Gasteiger charge is -2.22. The van der Waals surface area contributed by atoms with Crippen LogP contribution in [0.2, 0.25) is 0 Å². The molecule has 1 saturated heterocycles. The second-order valence-corrected chi connectivity index (χ2v) is 7.99. The van der Waals surface area contributed by atoms with Crippen LogP contribution < -0.4 is 0 Å². The standard InChI is InChI=1S/C22H27NO3/c24-20-10-4-3-9-19(20)21(16-7-1-2-8-16)22(25)26-12-6-5-11-23-14-17-13-18(17)15-23/h3-4,9-10,16-18,21,24H,1-2,7-8,11-15H2/t17-,18+,21?. The summed E-state index contributed by atoms with van der Waals surface area (Å²) in [5, 5.41) is 10.2. The molecule has 4 heteroatoms. The number of likely N-dealkylation sites (tertiary alicyclic amines) is 1. The fourth-order valence-corrected chi connectivity index (χ4v) is 4.65. The Balaban J connectivity index is 1.33. The number of nitrogens with zero attached hydrogens (tertiary/aromatic N) is 1. The Kier molecular flexibility index (Phi) is 5.17. The molecular formula is C22H27NO3. The van der Waals surface area contributed by atoms with Gasteiger partial charge in [-0.05, 0) is 43.1 Å². The Labute approximate surface area is 155 Å². The van der Waals surface area contributed by atoms with Gasteiger partial charge in [0.05, 0.1) is 12.5 Å². The van der Waals surface area contributed by atoms with E-state index >= 15 is 0 Å². The monoisotopic (exact) mass is 353 g/mol. The van der Waals surface area contributed by atoms with Crippen molar-refractivity contribution >= 4 is 5.97 Å². The molecule has 1 heterocycles. The van der Waals surface area contributed by atoms with Crippen LogP contribution in [0.25, 0.3) is 0 Å². The van der Waals surface area contributed by atoms with Crippen molar-refractivity contribution in [3.8, 4) is 17.6 Å². The summed E-state index contributed by atoms with van der Waals surface area (Å²) in [6.07, 6.45) is 5.70. The Bertz CT molecular complexity index is 704. The lowest BCUT2D eigenvalue weighted by atomic mass is 9.84. The predicted molar refractivity (Wildman–Crippen MR) is 99.6 cm³/mol. The number of fused-ring (bicyclic) bond motifs is 1. The second kappa shape index (κ2) is 7.72. The number of para-hydroxylation sites is 1. The number of carbonyl (C=O) groups excluding carboxylic acids is 1. The molecule has 0 radical (unpaired) electrons. The van der Waals surface area contributed by atoms with Crippen LogP contribution in [-0.4, -0.2) is 42.2 Å². The van der Waals surface area contributed by atoms with Gasteiger partial charge >= 0.3 is 5.97 Å². The van der Waals surface area contributed by atoms with E-state index < -0.39 is 0 Å². The lowest BCUT2D eigenvalue weighted by Crippen LogP contribution is -2.23. The van der Waals surface area contributed by atoms with Crippen LogP contribution in [0.3, 0.4) is 0 Å². The van der Waals surface area contributed by atoms with Crippen LogP contribution in [0.15, 0.2) is 24.3 Å². The summed E-state index contributed by atoms with van der Waals surface area (Å²) in [7, 11) is 0. The summed E-state index contributed by atoms with van der Waals surface area (Å²) in [6, 6.07) is 7.13. The summed E-state index contributed by atoms with van der Waals surface area (Å²) in [5.74, 6) is 7.75. The number of ether oxygens (including phenoxy) is 1. The number of piperidine rings is 1. The Morgan fingerprint density at radius 2 is 1.92 bits per heavy atom. The largest absolute Gasteiger partial charge is 0.508 e. The first kappa shape index (κ1) is 17.4. The molecule has 3 atom stereocenters. The van der Waals surface area contributed by atoms with Gasteiger partial charge in [-0.2, -0.15) is 0 Å². The van der Waals surface area contributed by atoms with E-state index in [0.29, 0.717) is 5.56 Å². The summed E-state index contributed by atoms with van der Waals surface area (Å²) in [5.41, 5.74) is 0.689. The van der Waals surface area contributed by atoms with E-state index in [-0.39, 0.29) is 30.2 Å². The molecule has 0 aromatic heterocycles. The molecule has 1 aromatic carbocycles. The third-order valence-electron chi connectivity index (χ3n) is 6.17. The zero-order chi connectivity index (χ0) is 17.9. The number of aromatic hydroxyl groups is 1. The fourth-order valence-electron chi connectivity index (χ4n) is 4.65. The molecule has 1 unspecified atom stereocenters. The molecule has 1 N–H and O–H groups in total. The highest BCUT2D eigenvalue weighted by Crippen LogP contribution is 2.44. The molecule has 2 aliphatic carbocycles. The Morgan fingerprint density at radius 1 is 1.19 bits per heavy atom. The van der Waals surface area contributed by atoms with Crippen molar-refractivity contribution in [3.63, 3.8) is 0 Å². The molecule has 0 spiro atoms. The summed E-state index contributed by atoms with van der Waals surface area (Å²) < 4.78 is 5.48. The first-order valence-corrected chi connectivity index (χ1v) is 9.85. The Hall–Kier alpha value is -1.99. The van der Waals surface area contributed by atoms with Crippen LogP contribution >= 0.6 is 0 Å². The van der Waals surface area contributed by atoms with E-state index in [0.717, 1.165) is 44.1 Å². The SMILES string of the molecule is O=C(OCC#CCN1C[C@H]2C[C@H]2C1)C(c1ccccc1O)C1CCCC1. The number of phenols is 1. The first-order valence-electron chi connectivity index (χ1n) is 9.85. The average Bonchev–Trinajstić information content (AvgIpc) is 3.01. The van der Waals surface area contributed by atoms with E-state index in [1.54, 1.807) is 12.1 Å². The van der Waals surface area contributed by atoms with Crippen molar-refractivity contribution in [2.45, 2.75) is 38.0 Å². The third kappa shape index (κ3) is 3.88. The minimum absolute atomic E-state index is 0.135. The predicted octanol–water partition coefficient (Wildman–Crippen LogP) is 3.16. The van der Waals surface area contributed by atoms with Gasteiger partial charge in [-0.1, -0.05) is 42.9 Å². The molecule has 0 bridgehead atoms. The van der Waals surface area contributed by atoms with E-state index in [2.05, 4.69) is 16.7 Å². The molecule has 2 saturated carbocycles. The lowest BCUT2D eigenvalue weighted by molar-refractivity contribution is -0.145. The average molecular weight is 353 g/mol. The van der Waals surface area contributed by atoms with Crippen molar-refractivity contribution < 1.29 is 14.6 Å². The van der Waals surface area contributed by atoms with Gasteiger partial charge in [-0.25, -0.2) is 0 Å². The zero-order valence-corrected chi connectivity index (χ0v) is 15.2. The highest BCUT2D eigenvalue weighted by Gasteiger charge is 2.44. The molecule has 1 aliphatic heterocycles. The van der Waals surface area contributed by atoms with Gasteiger partial charge in [0.1, 0.15) is 5.75 Å². The number of phenolic OH excluding ortho intramolecular Hbond substituents is 1. The van der Waals surface area contributed by atoms with Crippen molar-refractivity contribution in [2.75, 3.05) is 26.2 Å². The summed E-state index contributed by atoms with van der Waals surface area (Å²) in [6.45, 7) is 3.26. The topological polar surface area (TPSA) is 49.8 Å². The molecule has 3 fully saturated rings. The van der Waals surface area contributed by atoms with E-state index in [1.165, 1.54) is 19.5 Å². The quantitative estimate of drug-likeness (QED) is 0.653. The van der Waals surface area contributed by atoms with Gasteiger partial charge in [0.2, 0.25) is 0 Å². The van der Waals surface area contributed by atoms with Crippen molar-refractivity contribution in [2.24, 2.45) is 17.8 Å². The molecule has 1 aromatic rings. The number of hydrogen-bond acceptors (Lipinski definition) is 4. The van der Waals surface area contributed by atoms with Crippen LogP contribution in [0.4, 0.5) is 0 Å². The van der Waals surface area contributed by atoms with Crippen LogP contribution in [0.5, 0.6) is 5.75 Å².